The molecule has 0 aliphatic carbocycles. The van der Waals surface area contributed by atoms with E-state index in [1.807, 2.05) is 0 Å². The fourth-order valence-electron chi connectivity index (χ4n) is 3.52. The fourth-order valence-corrected chi connectivity index (χ4v) is 3.52. The Morgan fingerprint density at radius 2 is 1.77 bits per heavy atom. The van der Waals surface area contributed by atoms with Crippen LogP contribution in [0.2, 0.25) is 0 Å². The van der Waals surface area contributed by atoms with Crippen molar-refractivity contribution in [1.82, 2.24) is 10.2 Å². The second-order valence-corrected chi connectivity index (χ2v) is 8.03. The first-order valence-electron chi connectivity index (χ1n) is 9.38. The van der Waals surface area contributed by atoms with Crippen molar-refractivity contribution in [3.63, 3.8) is 0 Å². The van der Waals surface area contributed by atoms with Gasteiger partial charge in [0.25, 0.3) is 5.69 Å². The van der Waals surface area contributed by atoms with Crippen LogP contribution in [-0.4, -0.2) is 54.4 Å². The van der Waals surface area contributed by atoms with Crippen LogP contribution in [0.1, 0.15) is 32.3 Å². The number of likely N-dealkylation sites (N-methyl/N-ethyl adjacent to an activating group) is 1. The van der Waals surface area contributed by atoms with Gasteiger partial charge in [0.1, 0.15) is 11.2 Å². The van der Waals surface area contributed by atoms with E-state index >= 15 is 0 Å². The third-order valence-electron chi connectivity index (χ3n) is 5.08. The second kappa shape index (κ2) is 8.49. The molecule has 0 aromatic heterocycles. The molecule has 1 aromatic carbocycles. The lowest BCUT2D eigenvalue weighted by atomic mass is 9.93. The molecule has 11 heteroatoms. The average molecular weight is 430 g/mol. The maximum absolute atomic E-state index is 12.9. The third-order valence-corrected chi connectivity index (χ3v) is 5.08. The van der Waals surface area contributed by atoms with Crippen LogP contribution in [0, 0.1) is 16.0 Å². The van der Waals surface area contributed by atoms with E-state index in [1.165, 1.54) is 4.90 Å². The molecule has 166 valence electrons. The highest BCUT2D eigenvalue weighted by Gasteiger charge is 2.36. The molecule has 1 aromatic rings. The number of carbonyl (C=O) groups excluding carboxylic acids is 2. The molecule has 1 aliphatic rings. The quantitative estimate of drug-likeness (QED) is 0.573. The molecule has 2 rings (SSSR count). The van der Waals surface area contributed by atoms with Gasteiger partial charge in [-0.25, -0.2) is 0 Å². The van der Waals surface area contributed by atoms with Crippen LogP contribution >= 0.6 is 0 Å². The van der Waals surface area contributed by atoms with Gasteiger partial charge in [-0.3, -0.25) is 19.7 Å². The summed E-state index contributed by atoms with van der Waals surface area (Å²) < 4.78 is 38.6. The number of benzene rings is 1. The Balaban J connectivity index is 2.10. The highest BCUT2D eigenvalue weighted by molar-refractivity contribution is 5.91. The van der Waals surface area contributed by atoms with Crippen molar-refractivity contribution in [2.24, 2.45) is 5.92 Å². The predicted molar refractivity (Wildman–Crippen MR) is 104 cm³/mol. The minimum atomic E-state index is -4.68. The van der Waals surface area contributed by atoms with E-state index in [2.05, 4.69) is 5.32 Å². The first kappa shape index (κ1) is 23.4. The van der Waals surface area contributed by atoms with Gasteiger partial charge in [0.2, 0.25) is 11.8 Å². The lowest BCUT2D eigenvalue weighted by molar-refractivity contribution is -0.384. The third kappa shape index (κ3) is 5.19. The molecule has 0 bridgehead atoms. The van der Waals surface area contributed by atoms with E-state index in [1.54, 1.807) is 32.8 Å². The van der Waals surface area contributed by atoms with Crippen molar-refractivity contribution < 1.29 is 27.7 Å². The van der Waals surface area contributed by atoms with Crippen molar-refractivity contribution in [2.45, 2.75) is 38.4 Å². The summed E-state index contributed by atoms with van der Waals surface area (Å²) >= 11 is 0. The average Bonchev–Trinajstić information content (AvgIpc) is 2.65. The lowest BCUT2D eigenvalue weighted by Crippen LogP contribution is -2.56. The molecule has 1 heterocycles. The van der Waals surface area contributed by atoms with Gasteiger partial charge in [-0.15, -0.1) is 0 Å². The summed E-state index contributed by atoms with van der Waals surface area (Å²) in [6.45, 7) is 3.75. The number of halogens is 3. The van der Waals surface area contributed by atoms with Gasteiger partial charge in [0, 0.05) is 39.2 Å². The molecule has 1 fully saturated rings. The van der Waals surface area contributed by atoms with E-state index in [0.717, 1.165) is 12.1 Å². The smallest absolute Gasteiger partial charge is 0.366 e. The summed E-state index contributed by atoms with van der Waals surface area (Å²) in [5.41, 5.74) is -2.69. The summed E-state index contributed by atoms with van der Waals surface area (Å²) in [6.07, 6.45) is -3.96. The Labute approximate surface area is 172 Å². The molecule has 1 saturated heterocycles. The number of nitrogens with one attached hydrogen (secondary N) is 1. The number of rotatable bonds is 5. The van der Waals surface area contributed by atoms with Gasteiger partial charge in [0.05, 0.1) is 10.5 Å². The van der Waals surface area contributed by atoms with Gasteiger partial charge >= 0.3 is 6.18 Å². The van der Waals surface area contributed by atoms with Gasteiger partial charge in [-0.05, 0) is 38.8 Å². The molecule has 0 spiro atoms. The predicted octanol–water partition coefficient (Wildman–Crippen LogP) is 2.81. The first-order valence-corrected chi connectivity index (χ1v) is 9.38. The normalized spacial score (nSPS) is 15.6. The molecule has 30 heavy (non-hydrogen) atoms. The van der Waals surface area contributed by atoms with E-state index in [9.17, 15) is 32.9 Å². The minimum Gasteiger partial charge on any atom is -0.366 e. The molecule has 1 aliphatic heterocycles. The monoisotopic (exact) mass is 430 g/mol. The first-order chi connectivity index (χ1) is 13.7. The van der Waals surface area contributed by atoms with Crippen LogP contribution in [0.3, 0.4) is 0 Å². The molecule has 8 nitrogen and oxygen atoms in total. The summed E-state index contributed by atoms with van der Waals surface area (Å²) in [7, 11) is 3.18. The number of nitro benzene ring substituents is 1. The summed E-state index contributed by atoms with van der Waals surface area (Å²) in [5, 5.41) is 14.0. The Bertz CT molecular complexity index is 832. The second-order valence-electron chi connectivity index (χ2n) is 8.03. The number of hydrogen-bond donors (Lipinski definition) is 1. The van der Waals surface area contributed by atoms with Crippen LogP contribution < -0.4 is 10.2 Å². The molecule has 0 radical (unpaired) electrons. The summed E-state index contributed by atoms with van der Waals surface area (Å²) in [5.74, 6) is -0.950. The molecule has 0 atom stereocenters. The maximum atomic E-state index is 12.9. The van der Waals surface area contributed by atoms with Gasteiger partial charge in [-0.1, -0.05) is 0 Å². The van der Waals surface area contributed by atoms with Crippen molar-refractivity contribution >= 4 is 23.2 Å². The number of hydrogen-bond acceptors (Lipinski definition) is 5. The zero-order chi connectivity index (χ0) is 22.9. The molecule has 0 unspecified atom stereocenters. The van der Waals surface area contributed by atoms with E-state index in [0.29, 0.717) is 18.9 Å². The molecule has 0 saturated carbocycles. The number of nitrogens with zero attached hydrogens (tertiary/aromatic N) is 3. The van der Waals surface area contributed by atoms with Crippen molar-refractivity contribution in [2.75, 3.05) is 32.1 Å². The van der Waals surface area contributed by atoms with Crippen LogP contribution in [0.5, 0.6) is 0 Å². The molecule has 1 N–H and O–H groups in total. The summed E-state index contributed by atoms with van der Waals surface area (Å²) in [6, 6.07) is 2.44. The van der Waals surface area contributed by atoms with Crippen LogP contribution in [0.4, 0.5) is 24.5 Å². The van der Waals surface area contributed by atoms with Crippen LogP contribution in [0.15, 0.2) is 18.2 Å². The number of amides is 2. The van der Waals surface area contributed by atoms with E-state index in [-0.39, 0.29) is 30.6 Å². The van der Waals surface area contributed by atoms with E-state index in [4.69, 9.17) is 0 Å². The fraction of sp³-hybridized carbons (Fsp3) is 0.579. The van der Waals surface area contributed by atoms with Crippen molar-refractivity contribution in [3.05, 3.63) is 33.9 Å². The van der Waals surface area contributed by atoms with Gasteiger partial charge < -0.3 is 15.1 Å². The van der Waals surface area contributed by atoms with Crippen LogP contribution in [-0.2, 0) is 15.8 Å². The standard InChI is InChI=1S/C19H25F3N4O4/c1-18(2,17(28)24(3)4)23-16(27)12-7-9-25(10-8-12)14-6-5-13(19(20,21)22)11-15(14)26(29)30/h5-6,11-12H,7-10H2,1-4H3,(H,23,27). The largest absolute Gasteiger partial charge is 0.416 e. The topological polar surface area (TPSA) is 95.8 Å². The number of piperidine rings is 1. The maximum Gasteiger partial charge on any atom is 0.416 e. The highest BCUT2D eigenvalue weighted by atomic mass is 19.4. The number of nitro groups is 1. The molecule has 2 amide bonds. The number of alkyl halides is 3. The molecular formula is C19H25F3N4O4. The SMILES string of the molecule is CN(C)C(=O)C(C)(C)NC(=O)C1CCN(c2ccc(C(F)(F)F)cc2[N+](=O)[O-])CC1. The minimum absolute atomic E-state index is 0.0926. The Morgan fingerprint density at radius 1 is 1.20 bits per heavy atom. The Morgan fingerprint density at radius 3 is 2.23 bits per heavy atom. The van der Waals surface area contributed by atoms with Gasteiger partial charge in [-0.2, -0.15) is 13.2 Å². The number of carbonyl (C=O) groups is 2. The Hall–Kier alpha value is -2.85. The zero-order valence-electron chi connectivity index (χ0n) is 17.2. The van der Waals surface area contributed by atoms with Crippen molar-refractivity contribution in [3.8, 4) is 0 Å². The zero-order valence-corrected chi connectivity index (χ0v) is 17.2. The van der Waals surface area contributed by atoms with E-state index < -0.39 is 33.8 Å². The lowest BCUT2D eigenvalue weighted by Gasteiger charge is -2.35. The highest BCUT2D eigenvalue weighted by Crippen LogP contribution is 2.37. The number of anilines is 1. The van der Waals surface area contributed by atoms with Crippen LogP contribution in [0.25, 0.3) is 0 Å². The van der Waals surface area contributed by atoms with Crippen molar-refractivity contribution in [1.29, 1.82) is 0 Å². The summed E-state index contributed by atoms with van der Waals surface area (Å²) in [4.78, 5) is 38.2. The Kier molecular flexibility index (Phi) is 6.63. The molecular weight excluding hydrogens is 405 g/mol. The van der Waals surface area contributed by atoms with Gasteiger partial charge in [0.15, 0.2) is 0 Å².